The number of carbonyl (C=O) groups is 2. The number of fused-ring (bicyclic) bond motifs is 2. The van der Waals surface area contributed by atoms with Crippen molar-refractivity contribution in [3.05, 3.63) is 83.4 Å². The number of methoxy groups -OCH3 is 1. The second-order valence-electron chi connectivity index (χ2n) is 10.1. The van der Waals surface area contributed by atoms with Gasteiger partial charge in [0, 0.05) is 28.3 Å². The fraction of sp³-hybridized carbons (Fsp3) is 0.267. The number of hydrogen-bond acceptors (Lipinski definition) is 7. The van der Waals surface area contributed by atoms with Crippen LogP contribution in [0.3, 0.4) is 0 Å². The molecule has 43 heavy (non-hydrogen) atoms. The van der Waals surface area contributed by atoms with E-state index in [4.69, 9.17) is 15.2 Å². The number of rotatable bonds is 8. The molecule has 4 N–H and O–H groups in total. The molecule has 5 rings (SSSR count). The number of pyridine rings is 2. The fourth-order valence-electron chi connectivity index (χ4n) is 5.09. The van der Waals surface area contributed by atoms with Gasteiger partial charge in [0.2, 0.25) is 11.5 Å². The van der Waals surface area contributed by atoms with Crippen molar-refractivity contribution in [3.8, 4) is 22.8 Å². The molecule has 0 saturated carbocycles. The van der Waals surface area contributed by atoms with Crippen LogP contribution in [-0.4, -0.2) is 53.3 Å². The van der Waals surface area contributed by atoms with Gasteiger partial charge in [-0.05, 0) is 55.0 Å². The standard InChI is InChI=1S/C30H26F4N4O5/c1-3-28(27(35)40)15-43-25-20(28)13-22(38-24(25)16-6-8-19(31)9-7-16)29(41,30(32,33)34)14-37-26(39)18-11-17-5-4-10-36-23(17)21(12-18)42-2/h4-13,41H,3,14-15H2,1-2H3,(H2,35,40)(H,37,39)/t28-,29?/m0/s1. The number of nitrogens with one attached hydrogen (secondary N) is 1. The average molecular weight is 599 g/mol. The summed E-state index contributed by atoms with van der Waals surface area (Å²) < 4.78 is 68.8. The predicted octanol–water partition coefficient (Wildman–Crippen LogP) is 4.15. The third kappa shape index (κ3) is 4.99. The van der Waals surface area contributed by atoms with Crippen molar-refractivity contribution >= 4 is 22.7 Å². The summed E-state index contributed by atoms with van der Waals surface area (Å²) in [7, 11) is 1.36. The summed E-state index contributed by atoms with van der Waals surface area (Å²) in [5.41, 5.74) is -0.0651. The number of alkyl halides is 3. The quantitative estimate of drug-likeness (QED) is 0.259. The van der Waals surface area contributed by atoms with Crippen molar-refractivity contribution in [1.82, 2.24) is 15.3 Å². The van der Waals surface area contributed by atoms with Crippen LogP contribution in [0.15, 0.2) is 60.8 Å². The minimum Gasteiger partial charge on any atom is -0.494 e. The van der Waals surface area contributed by atoms with Crippen LogP contribution in [0.4, 0.5) is 17.6 Å². The first-order valence-corrected chi connectivity index (χ1v) is 13.1. The second kappa shape index (κ2) is 10.8. The Hall–Kier alpha value is -4.78. The smallest absolute Gasteiger partial charge is 0.424 e. The lowest BCUT2D eigenvalue weighted by Gasteiger charge is -2.32. The molecule has 2 aromatic heterocycles. The Kier molecular flexibility index (Phi) is 7.46. The fourth-order valence-corrected chi connectivity index (χ4v) is 5.09. The number of hydrogen-bond donors (Lipinski definition) is 3. The Labute approximate surface area is 242 Å². The summed E-state index contributed by atoms with van der Waals surface area (Å²) in [6.07, 6.45) is -3.76. The number of ether oxygens (including phenoxy) is 2. The number of amides is 2. The Morgan fingerprint density at radius 2 is 1.88 bits per heavy atom. The second-order valence-corrected chi connectivity index (χ2v) is 10.1. The van der Waals surface area contributed by atoms with Crippen LogP contribution >= 0.6 is 0 Å². The first kappa shape index (κ1) is 29.7. The number of benzene rings is 2. The molecule has 0 radical (unpaired) electrons. The minimum absolute atomic E-state index is 0.00686. The highest BCUT2D eigenvalue weighted by Gasteiger charge is 2.58. The van der Waals surface area contributed by atoms with Crippen molar-refractivity contribution in [2.75, 3.05) is 20.3 Å². The Balaban J connectivity index is 1.61. The van der Waals surface area contributed by atoms with Crippen molar-refractivity contribution in [1.29, 1.82) is 0 Å². The molecule has 2 amide bonds. The lowest BCUT2D eigenvalue weighted by atomic mass is 9.78. The van der Waals surface area contributed by atoms with Crippen LogP contribution in [0.5, 0.6) is 11.5 Å². The molecular formula is C30H26F4N4O5. The SMILES string of the molecule is CC[C@]1(C(N)=O)COc2c1cc(C(O)(CNC(=O)c1cc(OC)c3ncccc3c1)C(F)(F)F)nc2-c1ccc(F)cc1. The van der Waals surface area contributed by atoms with E-state index in [1.54, 1.807) is 19.1 Å². The van der Waals surface area contributed by atoms with Gasteiger partial charge in [0.1, 0.15) is 40.5 Å². The molecule has 4 aromatic rings. The van der Waals surface area contributed by atoms with E-state index < -0.39 is 47.1 Å². The van der Waals surface area contributed by atoms with E-state index in [9.17, 15) is 32.3 Å². The largest absolute Gasteiger partial charge is 0.494 e. The third-order valence-electron chi connectivity index (χ3n) is 7.69. The zero-order valence-electron chi connectivity index (χ0n) is 23.0. The molecule has 0 spiro atoms. The zero-order chi connectivity index (χ0) is 31.2. The number of aromatic nitrogens is 2. The van der Waals surface area contributed by atoms with E-state index >= 15 is 0 Å². The average Bonchev–Trinajstić information content (AvgIpc) is 3.38. The molecule has 2 aromatic carbocycles. The predicted molar refractivity (Wildman–Crippen MR) is 147 cm³/mol. The molecule has 13 heteroatoms. The molecule has 1 aliphatic heterocycles. The van der Waals surface area contributed by atoms with Gasteiger partial charge in [-0.3, -0.25) is 14.6 Å². The number of primary amides is 1. The van der Waals surface area contributed by atoms with Crippen LogP contribution < -0.4 is 20.5 Å². The summed E-state index contributed by atoms with van der Waals surface area (Å²) in [6.45, 7) is 0.00563. The molecular weight excluding hydrogens is 572 g/mol. The van der Waals surface area contributed by atoms with Crippen molar-refractivity contribution in [2.24, 2.45) is 5.73 Å². The van der Waals surface area contributed by atoms with E-state index in [1.807, 2.05) is 0 Å². The highest BCUT2D eigenvalue weighted by atomic mass is 19.4. The summed E-state index contributed by atoms with van der Waals surface area (Å²) in [4.78, 5) is 34.0. The molecule has 0 fully saturated rings. The lowest BCUT2D eigenvalue weighted by Crippen LogP contribution is -2.52. The molecule has 9 nitrogen and oxygen atoms in total. The van der Waals surface area contributed by atoms with Crippen LogP contribution in [0.25, 0.3) is 22.2 Å². The van der Waals surface area contributed by atoms with E-state index in [2.05, 4.69) is 15.3 Å². The van der Waals surface area contributed by atoms with Crippen molar-refractivity contribution < 1.29 is 41.7 Å². The molecule has 0 bridgehead atoms. The zero-order valence-corrected chi connectivity index (χ0v) is 23.0. The summed E-state index contributed by atoms with van der Waals surface area (Å²) in [5.74, 6) is -2.18. The number of nitrogens with two attached hydrogens (primary N) is 1. The molecule has 3 heterocycles. The Bertz CT molecular complexity index is 1730. The van der Waals surface area contributed by atoms with Gasteiger partial charge in [-0.1, -0.05) is 13.0 Å². The molecule has 224 valence electrons. The molecule has 0 saturated heterocycles. The maximum absolute atomic E-state index is 14.7. The first-order chi connectivity index (χ1) is 20.3. The van der Waals surface area contributed by atoms with E-state index in [0.29, 0.717) is 10.9 Å². The highest BCUT2D eigenvalue weighted by molar-refractivity contribution is 6.00. The van der Waals surface area contributed by atoms with Crippen LogP contribution in [-0.2, 0) is 15.8 Å². The van der Waals surface area contributed by atoms with Crippen molar-refractivity contribution in [2.45, 2.75) is 30.5 Å². The topological polar surface area (TPSA) is 137 Å². The maximum Gasteiger partial charge on any atom is 0.424 e. The monoisotopic (exact) mass is 598 g/mol. The Morgan fingerprint density at radius 1 is 1.16 bits per heavy atom. The highest BCUT2D eigenvalue weighted by Crippen LogP contribution is 2.49. The number of carbonyl (C=O) groups excluding carboxylic acids is 2. The van der Waals surface area contributed by atoms with Gasteiger partial charge in [-0.15, -0.1) is 0 Å². The molecule has 1 unspecified atom stereocenters. The number of nitrogens with zero attached hydrogens (tertiary/aromatic N) is 2. The summed E-state index contributed by atoms with van der Waals surface area (Å²) >= 11 is 0. The summed E-state index contributed by atoms with van der Waals surface area (Å²) in [5, 5.41) is 13.9. The van der Waals surface area contributed by atoms with E-state index in [-0.39, 0.29) is 46.9 Å². The van der Waals surface area contributed by atoms with Gasteiger partial charge in [-0.2, -0.15) is 13.2 Å². The van der Waals surface area contributed by atoms with Gasteiger partial charge in [0.25, 0.3) is 5.91 Å². The van der Waals surface area contributed by atoms with Gasteiger partial charge in [0.15, 0.2) is 0 Å². The number of halogens is 4. The van der Waals surface area contributed by atoms with Crippen molar-refractivity contribution in [3.63, 3.8) is 0 Å². The molecule has 1 aliphatic rings. The van der Waals surface area contributed by atoms with Crippen LogP contribution in [0.1, 0.15) is 35.0 Å². The summed E-state index contributed by atoms with van der Waals surface area (Å²) in [6, 6.07) is 11.6. The van der Waals surface area contributed by atoms with Crippen LogP contribution in [0, 0.1) is 5.82 Å². The third-order valence-corrected chi connectivity index (χ3v) is 7.69. The first-order valence-electron chi connectivity index (χ1n) is 13.1. The lowest BCUT2D eigenvalue weighted by molar-refractivity contribution is -0.265. The maximum atomic E-state index is 14.7. The van der Waals surface area contributed by atoms with Gasteiger partial charge in [-0.25, -0.2) is 9.37 Å². The normalized spacial score (nSPS) is 17.6. The van der Waals surface area contributed by atoms with Gasteiger partial charge in [0.05, 0.1) is 19.3 Å². The van der Waals surface area contributed by atoms with Crippen LogP contribution in [0.2, 0.25) is 0 Å². The Morgan fingerprint density at radius 3 is 2.51 bits per heavy atom. The van der Waals surface area contributed by atoms with E-state index in [0.717, 1.165) is 18.2 Å². The molecule has 0 aliphatic carbocycles. The van der Waals surface area contributed by atoms with Gasteiger partial charge >= 0.3 is 6.18 Å². The minimum atomic E-state index is -5.35. The van der Waals surface area contributed by atoms with E-state index in [1.165, 1.54) is 37.6 Å². The van der Waals surface area contributed by atoms with Gasteiger partial charge < -0.3 is 25.6 Å². The molecule has 2 atom stereocenters. The number of aliphatic hydroxyl groups is 1.